The molecular weight excluding hydrogens is 253 g/mol. The zero-order valence-corrected chi connectivity index (χ0v) is 8.96. The third-order valence-corrected chi connectivity index (χ3v) is 2.67. The Balaban J connectivity index is 2.22. The Morgan fingerprint density at radius 3 is 2.91 bits per heavy atom. The molecule has 0 aromatic rings. The van der Waals surface area contributed by atoms with Crippen molar-refractivity contribution in [3.05, 3.63) is 0 Å². The number of rotatable bonds is 2. The van der Waals surface area contributed by atoms with Crippen molar-refractivity contribution in [2.45, 2.75) is 25.4 Å². The molecule has 66 valence electrons. The van der Waals surface area contributed by atoms with E-state index in [9.17, 15) is 5.11 Å². The number of alkyl halides is 1. The lowest BCUT2D eigenvalue weighted by atomic mass is 10.2. The molecule has 1 aliphatic heterocycles. The normalized spacial score (nSPS) is 28.4. The minimum atomic E-state index is -0.0331. The van der Waals surface area contributed by atoms with Crippen molar-refractivity contribution < 1.29 is 5.11 Å². The van der Waals surface area contributed by atoms with E-state index in [4.69, 9.17) is 0 Å². The highest BCUT2D eigenvalue weighted by Gasteiger charge is 2.13. The van der Waals surface area contributed by atoms with E-state index >= 15 is 0 Å². The fourth-order valence-corrected chi connectivity index (χ4v) is 2.16. The highest BCUT2D eigenvalue weighted by atomic mass is 127. The quantitative estimate of drug-likeness (QED) is 0.603. The van der Waals surface area contributed by atoms with Gasteiger partial charge < -0.3 is 10.0 Å². The molecule has 0 amide bonds. The van der Waals surface area contributed by atoms with E-state index in [-0.39, 0.29) is 6.10 Å². The first-order valence-corrected chi connectivity index (χ1v) is 5.82. The minimum absolute atomic E-state index is 0.0331. The van der Waals surface area contributed by atoms with Gasteiger partial charge in [-0.05, 0) is 25.8 Å². The van der Waals surface area contributed by atoms with Gasteiger partial charge in [0.2, 0.25) is 0 Å². The molecule has 0 saturated carbocycles. The summed E-state index contributed by atoms with van der Waals surface area (Å²) in [5, 5.41) is 9.35. The van der Waals surface area contributed by atoms with E-state index in [1.54, 1.807) is 0 Å². The van der Waals surface area contributed by atoms with Crippen LogP contribution in [0.2, 0.25) is 0 Å². The van der Waals surface area contributed by atoms with Gasteiger partial charge >= 0.3 is 0 Å². The zero-order chi connectivity index (χ0) is 8.10. The van der Waals surface area contributed by atoms with Crippen molar-refractivity contribution >= 4 is 22.6 Å². The van der Waals surface area contributed by atoms with Gasteiger partial charge in [0.1, 0.15) is 0 Å². The van der Waals surface area contributed by atoms with Gasteiger partial charge in [-0.25, -0.2) is 0 Å². The van der Waals surface area contributed by atoms with Crippen LogP contribution in [0.25, 0.3) is 0 Å². The Morgan fingerprint density at radius 2 is 2.18 bits per heavy atom. The second-order valence-corrected chi connectivity index (χ2v) is 4.19. The summed E-state index contributed by atoms with van der Waals surface area (Å²) < 4.78 is 1.20. The molecule has 1 heterocycles. The summed E-state index contributed by atoms with van der Waals surface area (Å²) in [4.78, 5) is 2.45. The first-order valence-electron chi connectivity index (χ1n) is 4.29. The van der Waals surface area contributed by atoms with Gasteiger partial charge in [-0.15, -0.1) is 0 Å². The summed E-state index contributed by atoms with van der Waals surface area (Å²) in [6, 6.07) is 0. The SMILES string of the molecule is OC1CCCN(CCI)CC1. The van der Waals surface area contributed by atoms with Crippen LogP contribution in [0, 0.1) is 0 Å². The number of likely N-dealkylation sites (tertiary alicyclic amines) is 1. The van der Waals surface area contributed by atoms with Gasteiger partial charge in [-0.3, -0.25) is 0 Å². The number of aliphatic hydroxyl groups excluding tert-OH is 1. The smallest absolute Gasteiger partial charge is 0.0553 e. The molecule has 2 nitrogen and oxygen atoms in total. The van der Waals surface area contributed by atoms with Crippen molar-refractivity contribution in [1.82, 2.24) is 4.90 Å². The van der Waals surface area contributed by atoms with Crippen molar-refractivity contribution in [2.24, 2.45) is 0 Å². The molecule has 1 unspecified atom stereocenters. The van der Waals surface area contributed by atoms with Crippen molar-refractivity contribution in [1.29, 1.82) is 0 Å². The van der Waals surface area contributed by atoms with Crippen molar-refractivity contribution in [3.8, 4) is 0 Å². The van der Waals surface area contributed by atoms with Gasteiger partial charge in [0.05, 0.1) is 6.10 Å². The summed E-state index contributed by atoms with van der Waals surface area (Å²) in [6.45, 7) is 3.46. The van der Waals surface area contributed by atoms with Crippen LogP contribution in [0.3, 0.4) is 0 Å². The zero-order valence-electron chi connectivity index (χ0n) is 6.80. The highest BCUT2D eigenvalue weighted by molar-refractivity contribution is 14.1. The van der Waals surface area contributed by atoms with Gasteiger partial charge in [0.15, 0.2) is 0 Å². The summed E-state index contributed by atoms with van der Waals surface area (Å²) in [5.41, 5.74) is 0. The third kappa shape index (κ3) is 3.71. The standard InChI is InChI=1S/C8H16INO/c9-4-7-10-5-1-2-8(11)3-6-10/h8,11H,1-7H2. The van der Waals surface area contributed by atoms with E-state index in [1.807, 2.05) is 0 Å². The number of halogens is 1. The summed E-state index contributed by atoms with van der Waals surface area (Å²) in [5.74, 6) is 0. The van der Waals surface area contributed by atoms with Crippen LogP contribution in [0.15, 0.2) is 0 Å². The Hall–Kier alpha value is 0.650. The summed E-state index contributed by atoms with van der Waals surface area (Å²) >= 11 is 2.40. The predicted molar refractivity (Wildman–Crippen MR) is 55.2 cm³/mol. The molecule has 0 spiro atoms. The Morgan fingerprint density at radius 1 is 1.36 bits per heavy atom. The largest absolute Gasteiger partial charge is 0.393 e. The maximum atomic E-state index is 9.35. The van der Waals surface area contributed by atoms with Crippen LogP contribution < -0.4 is 0 Å². The Kier molecular flexibility index (Phi) is 4.71. The summed E-state index contributed by atoms with van der Waals surface area (Å²) in [6.07, 6.45) is 3.10. The first kappa shape index (κ1) is 9.74. The minimum Gasteiger partial charge on any atom is -0.393 e. The van der Waals surface area contributed by atoms with Crippen LogP contribution in [0.5, 0.6) is 0 Å². The van der Waals surface area contributed by atoms with Crippen LogP contribution in [-0.2, 0) is 0 Å². The third-order valence-electron chi connectivity index (χ3n) is 2.19. The van der Waals surface area contributed by atoms with E-state index in [0.29, 0.717) is 0 Å². The molecule has 1 fully saturated rings. The first-order chi connectivity index (χ1) is 5.33. The topological polar surface area (TPSA) is 23.5 Å². The highest BCUT2D eigenvalue weighted by Crippen LogP contribution is 2.10. The van der Waals surface area contributed by atoms with E-state index in [2.05, 4.69) is 27.5 Å². The number of hydrogen-bond donors (Lipinski definition) is 1. The van der Waals surface area contributed by atoms with Crippen LogP contribution in [-0.4, -0.2) is 40.2 Å². The summed E-state index contributed by atoms with van der Waals surface area (Å²) in [7, 11) is 0. The molecule has 0 radical (unpaired) electrons. The molecule has 11 heavy (non-hydrogen) atoms. The molecule has 0 bridgehead atoms. The lowest BCUT2D eigenvalue weighted by Gasteiger charge is -2.17. The van der Waals surface area contributed by atoms with Crippen LogP contribution >= 0.6 is 22.6 Å². The molecule has 3 heteroatoms. The van der Waals surface area contributed by atoms with E-state index in [0.717, 1.165) is 25.8 Å². The molecular formula is C8H16INO. The monoisotopic (exact) mass is 269 g/mol. The molecule has 1 aliphatic rings. The van der Waals surface area contributed by atoms with Gasteiger partial charge in [-0.1, -0.05) is 22.6 Å². The van der Waals surface area contributed by atoms with Gasteiger partial charge in [0.25, 0.3) is 0 Å². The Labute approximate surface area is 82.1 Å². The molecule has 0 aromatic heterocycles. The number of nitrogens with zero attached hydrogens (tertiary/aromatic N) is 1. The van der Waals surface area contributed by atoms with Gasteiger partial charge in [-0.2, -0.15) is 0 Å². The molecule has 1 atom stereocenters. The second kappa shape index (κ2) is 5.32. The maximum absolute atomic E-state index is 9.35. The lowest BCUT2D eigenvalue weighted by Crippen LogP contribution is -2.26. The Bertz CT molecular complexity index is 110. The van der Waals surface area contributed by atoms with Crippen LogP contribution in [0.1, 0.15) is 19.3 Å². The maximum Gasteiger partial charge on any atom is 0.0553 e. The second-order valence-electron chi connectivity index (χ2n) is 3.12. The number of hydrogen-bond acceptors (Lipinski definition) is 2. The molecule has 1 N–H and O–H groups in total. The van der Waals surface area contributed by atoms with E-state index < -0.39 is 0 Å². The molecule has 1 saturated heterocycles. The molecule has 0 aromatic carbocycles. The van der Waals surface area contributed by atoms with Crippen molar-refractivity contribution in [3.63, 3.8) is 0 Å². The predicted octanol–water partition coefficient (Wildman–Crippen LogP) is 1.27. The lowest BCUT2D eigenvalue weighted by molar-refractivity contribution is 0.156. The number of aliphatic hydroxyl groups is 1. The molecule has 0 aliphatic carbocycles. The fourth-order valence-electron chi connectivity index (χ4n) is 1.48. The van der Waals surface area contributed by atoms with Crippen molar-refractivity contribution in [2.75, 3.05) is 24.1 Å². The fraction of sp³-hybridized carbons (Fsp3) is 1.00. The average molecular weight is 269 g/mol. The molecule has 1 rings (SSSR count). The van der Waals surface area contributed by atoms with E-state index in [1.165, 1.54) is 17.5 Å². The average Bonchev–Trinajstić information content (AvgIpc) is 2.17. The van der Waals surface area contributed by atoms with Gasteiger partial charge in [0, 0.05) is 17.5 Å². The van der Waals surface area contributed by atoms with Crippen LogP contribution in [0.4, 0.5) is 0 Å².